The van der Waals surface area contributed by atoms with Gasteiger partial charge in [0.05, 0.1) is 23.9 Å². The smallest absolute Gasteiger partial charge is 0.152 e. The van der Waals surface area contributed by atoms with Crippen molar-refractivity contribution in [3.8, 4) is 22.1 Å². The van der Waals surface area contributed by atoms with Crippen molar-refractivity contribution in [3.63, 3.8) is 0 Å². The number of furan rings is 1. The third kappa shape index (κ3) is 4.39. The van der Waals surface area contributed by atoms with Gasteiger partial charge in [-0.25, -0.2) is 4.98 Å². The Morgan fingerprint density at radius 1 is 1.26 bits per heavy atom. The predicted molar refractivity (Wildman–Crippen MR) is 121 cm³/mol. The molecule has 0 atom stereocenters. The second-order valence-electron chi connectivity index (χ2n) is 6.71. The average Bonchev–Trinajstić information content (AvgIpc) is 3.45. The highest BCUT2D eigenvalue weighted by Gasteiger charge is 2.14. The maximum Gasteiger partial charge on any atom is 0.152 e. The molecule has 2 aromatic heterocycles. The Morgan fingerprint density at radius 3 is 2.77 bits per heavy atom. The van der Waals surface area contributed by atoms with E-state index in [1.165, 1.54) is 11.3 Å². The minimum Gasteiger partial charge on any atom is -0.496 e. The van der Waals surface area contributed by atoms with Crippen LogP contribution in [0.15, 0.2) is 58.5 Å². The summed E-state index contributed by atoms with van der Waals surface area (Å²) in [6.45, 7) is 0.285. The Hall–Kier alpha value is -3.78. The SMILES string of the molecule is CN/C=C(\N)c1cc2c(OCc3csc(-c4ccc(C=O)cc4)n3)cc(OC)cc2o1. The highest BCUT2D eigenvalue weighted by molar-refractivity contribution is 7.13. The normalized spacial score (nSPS) is 11.5. The van der Waals surface area contributed by atoms with Gasteiger partial charge in [0.15, 0.2) is 5.76 Å². The van der Waals surface area contributed by atoms with E-state index in [1.54, 1.807) is 38.6 Å². The first-order valence-electron chi connectivity index (χ1n) is 9.49. The summed E-state index contributed by atoms with van der Waals surface area (Å²) < 4.78 is 17.3. The van der Waals surface area contributed by atoms with E-state index in [4.69, 9.17) is 19.6 Å². The Kier molecular flexibility index (Phi) is 5.90. The van der Waals surface area contributed by atoms with Crippen LogP contribution >= 0.6 is 11.3 Å². The highest BCUT2D eigenvalue weighted by atomic mass is 32.1. The molecule has 3 N–H and O–H groups in total. The second kappa shape index (κ2) is 8.93. The van der Waals surface area contributed by atoms with Gasteiger partial charge in [0.2, 0.25) is 0 Å². The number of methoxy groups -OCH3 is 1. The lowest BCUT2D eigenvalue weighted by Crippen LogP contribution is -2.02. The van der Waals surface area contributed by atoms with Crippen LogP contribution < -0.4 is 20.5 Å². The van der Waals surface area contributed by atoms with Crippen LogP contribution in [0.3, 0.4) is 0 Å². The first-order valence-corrected chi connectivity index (χ1v) is 10.4. The Bertz CT molecular complexity index is 1240. The molecular formula is C23H21N3O4S. The molecule has 4 aromatic rings. The number of thiazole rings is 1. The van der Waals surface area contributed by atoms with Gasteiger partial charge in [-0.3, -0.25) is 4.79 Å². The van der Waals surface area contributed by atoms with Crippen molar-refractivity contribution < 1.29 is 18.7 Å². The van der Waals surface area contributed by atoms with Crippen LogP contribution in [0, 0.1) is 0 Å². The Balaban J connectivity index is 1.57. The van der Waals surface area contributed by atoms with Gasteiger partial charge in [-0.1, -0.05) is 24.3 Å². The summed E-state index contributed by atoms with van der Waals surface area (Å²) in [7, 11) is 3.36. The standard InChI is InChI=1S/C23H21N3O4S/c1-25-10-19(24)22-9-18-20(7-17(28-2)8-21(18)30-22)29-12-16-13-31-23(26-16)15-5-3-14(11-27)4-6-15/h3-11,13,25H,12,24H2,1-2H3/b19-10-. The van der Waals surface area contributed by atoms with Crippen LogP contribution in [-0.2, 0) is 6.61 Å². The van der Waals surface area contributed by atoms with Gasteiger partial charge in [-0.05, 0) is 6.07 Å². The second-order valence-corrected chi connectivity index (χ2v) is 7.57. The minimum atomic E-state index is 0.285. The van der Waals surface area contributed by atoms with Crippen molar-refractivity contribution in [2.24, 2.45) is 5.73 Å². The quantitative estimate of drug-likeness (QED) is 0.395. The summed E-state index contributed by atoms with van der Waals surface area (Å²) in [5.41, 5.74) is 9.52. The van der Waals surface area contributed by atoms with Crippen molar-refractivity contribution in [1.82, 2.24) is 10.3 Å². The maximum atomic E-state index is 10.8. The van der Waals surface area contributed by atoms with E-state index in [0.717, 1.165) is 27.9 Å². The van der Waals surface area contributed by atoms with Crippen molar-refractivity contribution in [2.45, 2.75) is 6.61 Å². The van der Waals surface area contributed by atoms with Gasteiger partial charge in [-0.15, -0.1) is 11.3 Å². The van der Waals surface area contributed by atoms with E-state index in [0.29, 0.717) is 34.1 Å². The molecule has 0 amide bonds. The number of hydrogen-bond acceptors (Lipinski definition) is 8. The largest absolute Gasteiger partial charge is 0.496 e. The molecule has 158 valence electrons. The Morgan fingerprint density at radius 2 is 2.06 bits per heavy atom. The zero-order chi connectivity index (χ0) is 21.8. The molecule has 0 saturated heterocycles. The molecule has 2 heterocycles. The zero-order valence-electron chi connectivity index (χ0n) is 17.0. The van der Waals surface area contributed by atoms with E-state index in [1.807, 2.05) is 29.6 Å². The molecule has 0 aliphatic carbocycles. The van der Waals surface area contributed by atoms with Crippen LogP contribution in [0.2, 0.25) is 0 Å². The number of nitrogens with two attached hydrogens (primary N) is 1. The minimum absolute atomic E-state index is 0.285. The lowest BCUT2D eigenvalue weighted by Gasteiger charge is -2.07. The molecular weight excluding hydrogens is 414 g/mol. The lowest BCUT2D eigenvalue weighted by molar-refractivity contribution is 0.112. The third-order valence-corrected chi connectivity index (χ3v) is 5.55. The molecule has 0 aliphatic rings. The van der Waals surface area contributed by atoms with Crippen LogP contribution in [0.25, 0.3) is 27.2 Å². The molecule has 0 unspecified atom stereocenters. The maximum absolute atomic E-state index is 10.8. The van der Waals surface area contributed by atoms with Gasteiger partial charge in [0, 0.05) is 41.9 Å². The first-order chi connectivity index (χ1) is 15.1. The predicted octanol–water partition coefficient (Wildman–Crippen LogP) is 4.43. The molecule has 2 aromatic carbocycles. The van der Waals surface area contributed by atoms with Gasteiger partial charge in [-0.2, -0.15) is 0 Å². The summed E-state index contributed by atoms with van der Waals surface area (Å²) in [6, 6.07) is 12.8. The van der Waals surface area contributed by atoms with Crippen LogP contribution in [-0.4, -0.2) is 25.4 Å². The number of nitrogens with one attached hydrogen (secondary N) is 1. The molecule has 0 radical (unpaired) electrons. The third-order valence-electron chi connectivity index (χ3n) is 4.61. The monoisotopic (exact) mass is 435 g/mol. The molecule has 0 aliphatic heterocycles. The van der Waals surface area contributed by atoms with Gasteiger partial charge >= 0.3 is 0 Å². The van der Waals surface area contributed by atoms with Crippen molar-refractivity contribution >= 4 is 34.3 Å². The first kappa shape index (κ1) is 20.5. The number of aldehydes is 1. The number of aromatic nitrogens is 1. The van der Waals surface area contributed by atoms with E-state index >= 15 is 0 Å². The molecule has 0 saturated carbocycles. The summed E-state index contributed by atoms with van der Waals surface area (Å²) in [4.78, 5) is 15.5. The number of nitrogens with zero attached hydrogens (tertiary/aromatic N) is 1. The highest BCUT2D eigenvalue weighted by Crippen LogP contribution is 2.35. The molecule has 31 heavy (non-hydrogen) atoms. The zero-order valence-corrected chi connectivity index (χ0v) is 17.9. The van der Waals surface area contributed by atoms with Crippen LogP contribution in [0.1, 0.15) is 21.8 Å². The number of carbonyl (C=O) groups is 1. The molecule has 4 rings (SSSR count). The average molecular weight is 436 g/mol. The molecule has 7 nitrogen and oxygen atoms in total. The number of fused-ring (bicyclic) bond motifs is 1. The summed E-state index contributed by atoms with van der Waals surface area (Å²) >= 11 is 1.52. The number of ether oxygens (including phenoxy) is 2. The van der Waals surface area contributed by atoms with Crippen LogP contribution in [0.4, 0.5) is 0 Å². The number of hydrogen-bond donors (Lipinski definition) is 2. The lowest BCUT2D eigenvalue weighted by atomic mass is 10.1. The fourth-order valence-electron chi connectivity index (χ4n) is 3.05. The van der Waals surface area contributed by atoms with Crippen molar-refractivity contribution in [3.05, 3.63) is 71.1 Å². The van der Waals surface area contributed by atoms with E-state index in [9.17, 15) is 4.79 Å². The summed E-state index contributed by atoms with van der Waals surface area (Å²) in [5, 5.41) is 6.50. The van der Waals surface area contributed by atoms with E-state index in [-0.39, 0.29) is 6.61 Å². The number of carbonyl (C=O) groups excluding carboxylic acids is 1. The van der Waals surface area contributed by atoms with Crippen molar-refractivity contribution in [1.29, 1.82) is 0 Å². The fourth-order valence-corrected chi connectivity index (χ4v) is 3.86. The number of rotatable bonds is 8. The van der Waals surface area contributed by atoms with Gasteiger partial charge in [0.25, 0.3) is 0 Å². The van der Waals surface area contributed by atoms with E-state index in [2.05, 4.69) is 10.3 Å². The molecule has 0 spiro atoms. The van der Waals surface area contributed by atoms with Gasteiger partial charge < -0.3 is 24.9 Å². The summed E-state index contributed by atoms with van der Waals surface area (Å²) in [6.07, 6.45) is 2.48. The topological polar surface area (TPSA) is 99.6 Å². The molecule has 0 fully saturated rings. The van der Waals surface area contributed by atoms with Crippen LogP contribution in [0.5, 0.6) is 11.5 Å². The molecule has 0 bridgehead atoms. The summed E-state index contributed by atoms with van der Waals surface area (Å²) in [5.74, 6) is 1.78. The van der Waals surface area contributed by atoms with Gasteiger partial charge in [0.1, 0.15) is 35.0 Å². The fraction of sp³-hybridized carbons (Fsp3) is 0.130. The number of benzene rings is 2. The Labute approximate surface area is 183 Å². The van der Waals surface area contributed by atoms with Crippen molar-refractivity contribution in [2.75, 3.05) is 14.2 Å². The van der Waals surface area contributed by atoms with E-state index < -0.39 is 0 Å². The molecule has 8 heteroatoms.